The topological polar surface area (TPSA) is 123 Å². The molecule has 9 nitrogen and oxygen atoms in total. The zero-order valence-corrected chi connectivity index (χ0v) is 18.0. The highest BCUT2D eigenvalue weighted by Gasteiger charge is 2.43. The number of para-hydroxylation sites is 1. The molecule has 0 unspecified atom stereocenters. The molecule has 5 rings (SSSR count). The van der Waals surface area contributed by atoms with Crippen LogP contribution in [-0.2, 0) is 0 Å². The van der Waals surface area contributed by atoms with E-state index in [0.29, 0.717) is 46.3 Å². The Morgan fingerprint density at radius 3 is 3.03 bits per heavy atom. The molecule has 0 saturated heterocycles. The van der Waals surface area contributed by atoms with Gasteiger partial charge in [0.1, 0.15) is 17.0 Å². The molecule has 1 aliphatic carbocycles. The number of nitrogen functional groups attached to an aromatic ring is 1. The van der Waals surface area contributed by atoms with Gasteiger partial charge in [0.25, 0.3) is 5.91 Å². The summed E-state index contributed by atoms with van der Waals surface area (Å²) in [6.45, 7) is 2.43. The molecule has 1 saturated carbocycles. The van der Waals surface area contributed by atoms with Crippen LogP contribution in [0.3, 0.4) is 0 Å². The van der Waals surface area contributed by atoms with Crippen LogP contribution in [0.15, 0.2) is 30.6 Å². The van der Waals surface area contributed by atoms with Gasteiger partial charge in [-0.05, 0) is 37.8 Å². The number of fused-ring (bicyclic) bond motifs is 2. The fourth-order valence-corrected chi connectivity index (χ4v) is 3.63. The number of carbonyl (C=O) groups excluding carboxylic acids is 1. The molecule has 3 heterocycles. The second-order valence-corrected chi connectivity index (χ2v) is 8.08. The van der Waals surface area contributed by atoms with Gasteiger partial charge in [-0.25, -0.2) is 14.5 Å². The van der Waals surface area contributed by atoms with Crippen molar-refractivity contribution in [1.82, 2.24) is 29.9 Å². The van der Waals surface area contributed by atoms with Crippen molar-refractivity contribution in [2.75, 3.05) is 12.3 Å². The van der Waals surface area contributed by atoms with E-state index in [9.17, 15) is 4.79 Å². The average Bonchev–Trinajstić information content (AvgIpc) is 3.20. The smallest absolute Gasteiger partial charge is 0.287 e. The molecule has 4 N–H and O–H groups in total. The summed E-state index contributed by atoms with van der Waals surface area (Å²) in [5.74, 6) is 6.84. The van der Waals surface area contributed by atoms with Crippen LogP contribution in [-0.4, -0.2) is 42.6 Å². The van der Waals surface area contributed by atoms with Crippen LogP contribution in [0, 0.1) is 11.8 Å². The first kappa shape index (κ1) is 20.2. The number of imidazole rings is 2. The van der Waals surface area contributed by atoms with Crippen molar-refractivity contribution in [3.05, 3.63) is 47.1 Å². The minimum atomic E-state index is -0.359. The third-order valence-electron chi connectivity index (χ3n) is 5.39. The first-order valence-corrected chi connectivity index (χ1v) is 10.6. The summed E-state index contributed by atoms with van der Waals surface area (Å²) in [6, 6.07) is 5.56. The minimum Gasteiger partial charge on any atom is -0.492 e. The first-order chi connectivity index (χ1) is 15.5. The number of H-pyrrole nitrogens is 1. The van der Waals surface area contributed by atoms with Crippen LogP contribution >= 0.6 is 11.6 Å². The largest absolute Gasteiger partial charge is 0.492 e. The van der Waals surface area contributed by atoms with Crippen LogP contribution in [0.1, 0.15) is 42.5 Å². The summed E-state index contributed by atoms with van der Waals surface area (Å²) >= 11 is 5.99. The van der Waals surface area contributed by atoms with Gasteiger partial charge in [-0.15, -0.1) is 0 Å². The number of ether oxygens (including phenoxy) is 1. The molecule has 4 aromatic rings. The van der Waals surface area contributed by atoms with E-state index in [2.05, 4.69) is 37.2 Å². The SMILES string of the molecule is CCOc1cccc2[nH]c(C(=O)NC3(CC#Cc4cnc5c(N)c(Cl)cnn45)CC3)nc12. The highest BCUT2D eigenvalue weighted by atomic mass is 35.5. The van der Waals surface area contributed by atoms with Crippen molar-refractivity contribution < 1.29 is 9.53 Å². The lowest BCUT2D eigenvalue weighted by Crippen LogP contribution is -2.37. The van der Waals surface area contributed by atoms with Gasteiger partial charge >= 0.3 is 0 Å². The van der Waals surface area contributed by atoms with E-state index in [1.807, 2.05) is 25.1 Å². The van der Waals surface area contributed by atoms with Crippen LogP contribution < -0.4 is 15.8 Å². The van der Waals surface area contributed by atoms with E-state index in [0.717, 1.165) is 18.4 Å². The molecule has 32 heavy (non-hydrogen) atoms. The number of nitrogens with one attached hydrogen (secondary N) is 2. The van der Waals surface area contributed by atoms with Crippen LogP contribution in [0.25, 0.3) is 16.7 Å². The third kappa shape index (κ3) is 3.59. The lowest BCUT2D eigenvalue weighted by Gasteiger charge is -2.13. The van der Waals surface area contributed by atoms with Gasteiger partial charge in [0.15, 0.2) is 11.5 Å². The molecular weight excluding hydrogens is 430 g/mol. The lowest BCUT2D eigenvalue weighted by atomic mass is 10.2. The van der Waals surface area contributed by atoms with E-state index < -0.39 is 0 Å². The van der Waals surface area contributed by atoms with Gasteiger partial charge in [-0.2, -0.15) is 5.10 Å². The number of benzene rings is 1. The van der Waals surface area contributed by atoms with Gasteiger partial charge in [0, 0.05) is 6.42 Å². The number of amides is 1. The molecule has 0 radical (unpaired) electrons. The number of rotatable bonds is 5. The molecule has 1 aliphatic rings. The fraction of sp³-hybridized carbons (Fsp3) is 0.273. The second kappa shape index (κ2) is 7.73. The monoisotopic (exact) mass is 449 g/mol. The van der Waals surface area contributed by atoms with Gasteiger partial charge in [-0.1, -0.05) is 23.6 Å². The Bertz CT molecular complexity index is 1410. The molecule has 0 bridgehead atoms. The van der Waals surface area contributed by atoms with Crippen LogP contribution in [0.2, 0.25) is 5.02 Å². The number of anilines is 1. The predicted molar refractivity (Wildman–Crippen MR) is 121 cm³/mol. The number of hydrogen-bond acceptors (Lipinski definition) is 6. The Morgan fingerprint density at radius 1 is 1.41 bits per heavy atom. The highest BCUT2D eigenvalue weighted by molar-refractivity contribution is 6.33. The Hall–Kier alpha value is -3.77. The summed E-state index contributed by atoms with van der Waals surface area (Å²) in [4.78, 5) is 24.6. The highest BCUT2D eigenvalue weighted by Crippen LogP contribution is 2.38. The van der Waals surface area contributed by atoms with Gasteiger partial charge in [-0.3, -0.25) is 4.79 Å². The number of nitrogens with two attached hydrogens (primary N) is 1. The number of aromatic amines is 1. The van der Waals surface area contributed by atoms with Crippen LogP contribution in [0.4, 0.5) is 5.69 Å². The Labute approximate surface area is 188 Å². The molecule has 3 aromatic heterocycles. The molecule has 10 heteroatoms. The summed E-state index contributed by atoms with van der Waals surface area (Å²) < 4.78 is 7.15. The van der Waals surface area contributed by atoms with Crippen molar-refractivity contribution >= 4 is 39.9 Å². The molecule has 1 amide bonds. The third-order valence-corrected chi connectivity index (χ3v) is 5.69. The van der Waals surface area contributed by atoms with Crippen molar-refractivity contribution in [2.24, 2.45) is 0 Å². The minimum absolute atomic E-state index is 0.254. The quantitative estimate of drug-likeness (QED) is 0.402. The molecule has 162 valence electrons. The van der Waals surface area contributed by atoms with E-state index in [4.69, 9.17) is 22.1 Å². The maximum absolute atomic E-state index is 12.8. The molecule has 0 atom stereocenters. The predicted octanol–water partition coefficient (Wildman–Crippen LogP) is 2.94. The molecule has 1 fully saturated rings. The van der Waals surface area contributed by atoms with Gasteiger partial charge in [0.2, 0.25) is 0 Å². The zero-order chi connectivity index (χ0) is 22.3. The summed E-state index contributed by atoms with van der Waals surface area (Å²) in [6.07, 6.45) is 5.27. The Morgan fingerprint density at radius 2 is 2.25 bits per heavy atom. The molecule has 1 aromatic carbocycles. The Kier molecular flexibility index (Phi) is 4.87. The summed E-state index contributed by atoms with van der Waals surface area (Å²) in [5, 5.41) is 7.64. The number of hydrogen-bond donors (Lipinski definition) is 3. The zero-order valence-electron chi connectivity index (χ0n) is 17.3. The van der Waals surface area contributed by atoms with E-state index in [1.165, 1.54) is 6.20 Å². The van der Waals surface area contributed by atoms with Crippen molar-refractivity contribution in [1.29, 1.82) is 0 Å². The summed E-state index contributed by atoms with van der Waals surface area (Å²) in [5.41, 5.74) is 8.40. The molecule has 0 aliphatic heterocycles. The number of nitrogens with zero attached hydrogens (tertiary/aromatic N) is 4. The maximum atomic E-state index is 12.8. The second-order valence-electron chi connectivity index (χ2n) is 7.67. The fourth-order valence-electron chi connectivity index (χ4n) is 3.50. The van der Waals surface area contributed by atoms with E-state index in [1.54, 1.807) is 10.7 Å². The van der Waals surface area contributed by atoms with Crippen molar-refractivity contribution in [3.8, 4) is 17.6 Å². The number of carbonyl (C=O) groups is 1. The van der Waals surface area contributed by atoms with Gasteiger partial charge < -0.3 is 20.8 Å². The summed E-state index contributed by atoms with van der Waals surface area (Å²) in [7, 11) is 0. The molecule has 0 spiro atoms. The van der Waals surface area contributed by atoms with Gasteiger partial charge in [0.05, 0.1) is 40.8 Å². The lowest BCUT2D eigenvalue weighted by molar-refractivity contribution is 0.0923. The first-order valence-electron chi connectivity index (χ1n) is 10.2. The number of halogens is 1. The average molecular weight is 450 g/mol. The standard InChI is InChI=1S/C22H20ClN7O2/c1-2-32-16-7-3-6-15-18(16)28-19(27-15)21(31)29-22(9-10-22)8-4-5-13-11-25-20-17(24)14(23)12-26-30(13)20/h3,6-7,11-12H,2,8-10,24H2,1H3,(H,27,28)(H,29,31). The van der Waals surface area contributed by atoms with E-state index in [-0.39, 0.29) is 17.3 Å². The number of aromatic nitrogens is 5. The van der Waals surface area contributed by atoms with Crippen molar-refractivity contribution in [2.45, 2.75) is 31.7 Å². The van der Waals surface area contributed by atoms with E-state index >= 15 is 0 Å². The maximum Gasteiger partial charge on any atom is 0.287 e. The Balaban J connectivity index is 1.31. The van der Waals surface area contributed by atoms with Crippen LogP contribution in [0.5, 0.6) is 5.75 Å². The molecular formula is C22H20ClN7O2. The van der Waals surface area contributed by atoms with Crippen molar-refractivity contribution in [3.63, 3.8) is 0 Å². The normalized spacial score (nSPS) is 14.2.